The summed E-state index contributed by atoms with van der Waals surface area (Å²) in [5, 5.41) is 3.57. The maximum absolute atomic E-state index is 3.57. The van der Waals surface area contributed by atoms with Crippen molar-refractivity contribution in [3.63, 3.8) is 0 Å². The van der Waals surface area contributed by atoms with Gasteiger partial charge in [-0.25, -0.2) is 0 Å². The van der Waals surface area contributed by atoms with E-state index in [2.05, 4.69) is 80.7 Å². The van der Waals surface area contributed by atoms with Crippen molar-refractivity contribution in [3.8, 4) is 0 Å². The van der Waals surface area contributed by atoms with Crippen LogP contribution in [0.4, 0.5) is 5.69 Å². The van der Waals surface area contributed by atoms with Gasteiger partial charge in [-0.05, 0) is 29.0 Å². The van der Waals surface area contributed by atoms with E-state index in [0.29, 0.717) is 0 Å². The fourth-order valence-corrected chi connectivity index (χ4v) is 2.28. The van der Waals surface area contributed by atoms with Crippen LogP contribution < -0.4 is 5.32 Å². The summed E-state index contributed by atoms with van der Waals surface area (Å²) in [7, 11) is 0. The molecule has 0 atom stereocenters. The van der Waals surface area contributed by atoms with E-state index in [1.54, 1.807) is 0 Å². The van der Waals surface area contributed by atoms with Crippen LogP contribution in [0.15, 0.2) is 54.6 Å². The minimum Gasteiger partial charge on any atom is -0.384 e. The number of para-hydroxylation sites is 1. The molecule has 100 valence electrons. The first-order chi connectivity index (χ1) is 9.07. The zero-order valence-corrected chi connectivity index (χ0v) is 12.1. The van der Waals surface area contributed by atoms with Crippen LogP contribution in [0.1, 0.15) is 31.9 Å². The Morgan fingerprint density at radius 2 is 1.47 bits per heavy atom. The predicted octanol–water partition coefficient (Wildman–Crippen LogP) is 4.64. The van der Waals surface area contributed by atoms with Crippen LogP contribution in [0.5, 0.6) is 0 Å². The lowest BCUT2D eigenvalue weighted by molar-refractivity contribution is 0.591. The maximum Gasteiger partial charge on any atom is 0.0378 e. The van der Waals surface area contributed by atoms with Crippen molar-refractivity contribution in [3.05, 3.63) is 65.7 Å². The van der Waals surface area contributed by atoms with E-state index in [-0.39, 0.29) is 5.41 Å². The second-order valence-electron chi connectivity index (χ2n) is 5.96. The SMILES string of the molecule is CC(C)(C)c1ccccc1NCCc1ccccc1. The van der Waals surface area contributed by atoms with Crippen molar-refractivity contribution >= 4 is 5.69 Å². The Kier molecular flexibility index (Phi) is 4.26. The molecule has 1 N–H and O–H groups in total. The highest BCUT2D eigenvalue weighted by atomic mass is 14.9. The molecule has 1 nitrogen and oxygen atoms in total. The lowest BCUT2D eigenvalue weighted by Gasteiger charge is -2.23. The van der Waals surface area contributed by atoms with Gasteiger partial charge in [0.25, 0.3) is 0 Å². The summed E-state index contributed by atoms with van der Waals surface area (Å²) in [6, 6.07) is 19.2. The monoisotopic (exact) mass is 253 g/mol. The van der Waals surface area contributed by atoms with Gasteiger partial charge in [0.15, 0.2) is 0 Å². The fourth-order valence-electron chi connectivity index (χ4n) is 2.28. The summed E-state index contributed by atoms with van der Waals surface area (Å²) in [4.78, 5) is 0. The number of hydrogen-bond acceptors (Lipinski definition) is 1. The zero-order chi connectivity index (χ0) is 13.7. The highest BCUT2D eigenvalue weighted by Crippen LogP contribution is 2.29. The molecule has 0 aliphatic carbocycles. The first kappa shape index (κ1) is 13.7. The van der Waals surface area contributed by atoms with E-state index in [0.717, 1.165) is 13.0 Å². The molecule has 2 aromatic rings. The van der Waals surface area contributed by atoms with Gasteiger partial charge < -0.3 is 5.32 Å². The first-order valence-corrected chi connectivity index (χ1v) is 6.95. The van der Waals surface area contributed by atoms with E-state index in [4.69, 9.17) is 0 Å². The van der Waals surface area contributed by atoms with Crippen molar-refractivity contribution in [1.82, 2.24) is 0 Å². The molecule has 0 spiro atoms. The molecule has 0 heterocycles. The maximum atomic E-state index is 3.57. The molecular weight excluding hydrogens is 230 g/mol. The van der Waals surface area contributed by atoms with Crippen LogP contribution in [-0.2, 0) is 11.8 Å². The summed E-state index contributed by atoms with van der Waals surface area (Å²) in [6.07, 6.45) is 1.05. The Morgan fingerprint density at radius 1 is 0.842 bits per heavy atom. The molecule has 0 amide bonds. The Morgan fingerprint density at radius 3 is 2.16 bits per heavy atom. The molecule has 0 fully saturated rings. The smallest absolute Gasteiger partial charge is 0.0378 e. The van der Waals surface area contributed by atoms with Crippen LogP contribution in [0.2, 0.25) is 0 Å². The molecule has 0 aliphatic rings. The summed E-state index contributed by atoms with van der Waals surface area (Å²) in [5.41, 5.74) is 4.19. The Hall–Kier alpha value is -1.76. The lowest BCUT2D eigenvalue weighted by atomic mass is 9.86. The summed E-state index contributed by atoms with van der Waals surface area (Å²) in [5.74, 6) is 0. The molecule has 0 bridgehead atoms. The zero-order valence-electron chi connectivity index (χ0n) is 12.1. The van der Waals surface area contributed by atoms with E-state index in [1.165, 1.54) is 16.8 Å². The fraction of sp³-hybridized carbons (Fsp3) is 0.333. The molecule has 2 rings (SSSR count). The number of rotatable bonds is 4. The minimum absolute atomic E-state index is 0.177. The normalized spacial score (nSPS) is 11.3. The topological polar surface area (TPSA) is 12.0 Å². The lowest BCUT2D eigenvalue weighted by Crippen LogP contribution is -2.15. The third-order valence-corrected chi connectivity index (χ3v) is 3.31. The van der Waals surface area contributed by atoms with E-state index in [9.17, 15) is 0 Å². The van der Waals surface area contributed by atoms with Crippen LogP contribution in [0.3, 0.4) is 0 Å². The highest BCUT2D eigenvalue weighted by molar-refractivity contribution is 5.54. The van der Waals surface area contributed by atoms with Crippen molar-refractivity contribution in [2.75, 3.05) is 11.9 Å². The van der Waals surface area contributed by atoms with Gasteiger partial charge in [0.2, 0.25) is 0 Å². The average molecular weight is 253 g/mol. The van der Waals surface area contributed by atoms with E-state index in [1.807, 2.05) is 0 Å². The van der Waals surface area contributed by atoms with Crippen molar-refractivity contribution < 1.29 is 0 Å². The van der Waals surface area contributed by atoms with Gasteiger partial charge in [-0.15, -0.1) is 0 Å². The van der Waals surface area contributed by atoms with Crippen molar-refractivity contribution in [2.24, 2.45) is 0 Å². The molecule has 1 heteroatoms. The Balaban J connectivity index is 2.00. The van der Waals surface area contributed by atoms with Crippen LogP contribution in [0, 0.1) is 0 Å². The van der Waals surface area contributed by atoms with Gasteiger partial charge in [0.05, 0.1) is 0 Å². The van der Waals surface area contributed by atoms with E-state index >= 15 is 0 Å². The second kappa shape index (κ2) is 5.92. The molecule has 0 radical (unpaired) electrons. The molecule has 0 aromatic heterocycles. The van der Waals surface area contributed by atoms with Crippen LogP contribution in [-0.4, -0.2) is 6.54 Å². The van der Waals surface area contributed by atoms with Crippen molar-refractivity contribution in [1.29, 1.82) is 0 Å². The molecule has 0 aliphatic heterocycles. The summed E-state index contributed by atoms with van der Waals surface area (Å²) in [6.45, 7) is 7.73. The van der Waals surface area contributed by atoms with Gasteiger partial charge in [0.1, 0.15) is 0 Å². The summed E-state index contributed by atoms with van der Waals surface area (Å²) >= 11 is 0. The first-order valence-electron chi connectivity index (χ1n) is 6.95. The van der Waals surface area contributed by atoms with Gasteiger partial charge in [0, 0.05) is 12.2 Å². The van der Waals surface area contributed by atoms with Gasteiger partial charge in [-0.2, -0.15) is 0 Å². The quantitative estimate of drug-likeness (QED) is 0.837. The Labute approximate surface area is 116 Å². The number of benzene rings is 2. The molecule has 19 heavy (non-hydrogen) atoms. The van der Waals surface area contributed by atoms with Crippen molar-refractivity contribution in [2.45, 2.75) is 32.6 Å². The molecule has 0 saturated carbocycles. The largest absolute Gasteiger partial charge is 0.384 e. The number of nitrogens with one attached hydrogen (secondary N) is 1. The molecular formula is C18H23N. The average Bonchev–Trinajstić information content (AvgIpc) is 2.39. The van der Waals surface area contributed by atoms with E-state index < -0.39 is 0 Å². The van der Waals surface area contributed by atoms with Crippen LogP contribution >= 0.6 is 0 Å². The summed E-state index contributed by atoms with van der Waals surface area (Å²) < 4.78 is 0. The van der Waals surface area contributed by atoms with Gasteiger partial charge in [-0.3, -0.25) is 0 Å². The second-order valence-corrected chi connectivity index (χ2v) is 5.96. The standard InChI is InChI=1S/C18H23N/c1-18(2,3)16-11-7-8-12-17(16)19-14-13-15-9-5-4-6-10-15/h4-12,19H,13-14H2,1-3H3. The number of anilines is 1. The predicted molar refractivity (Wildman–Crippen MR) is 83.8 cm³/mol. The van der Waals surface area contributed by atoms with Gasteiger partial charge >= 0.3 is 0 Å². The Bertz CT molecular complexity index is 509. The third-order valence-electron chi connectivity index (χ3n) is 3.31. The van der Waals surface area contributed by atoms with Gasteiger partial charge in [-0.1, -0.05) is 69.3 Å². The van der Waals surface area contributed by atoms with Crippen LogP contribution in [0.25, 0.3) is 0 Å². The number of hydrogen-bond donors (Lipinski definition) is 1. The molecule has 0 unspecified atom stereocenters. The minimum atomic E-state index is 0.177. The molecule has 2 aromatic carbocycles. The third kappa shape index (κ3) is 3.85. The molecule has 0 saturated heterocycles. The highest BCUT2D eigenvalue weighted by Gasteiger charge is 2.16.